The third kappa shape index (κ3) is 6.10. The molecule has 0 bridgehead atoms. The zero-order valence-electron chi connectivity index (χ0n) is 15.4. The summed E-state index contributed by atoms with van der Waals surface area (Å²) in [5, 5.41) is 2.58. The number of benzene rings is 1. The lowest BCUT2D eigenvalue weighted by Crippen LogP contribution is -2.43. The van der Waals surface area contributed by atoms with Gasteiger partial charge in [-0.15, -0.1) is 0 Å². The van der Waals surface area contributed by atoms with Gasteiger partial charge >= 0.3 is 18.0 Å². The molecular formula is C18H25NO6. The standard InChI is InChI=1S/C18H25NO6/c1-11-8-7-9-12(10-11)14(19-17(22)25-18(2,3)4)13(15(20)23-5)16(21)24-6/h7-10,13-14H,1-6H3,(H,19,22)/t14-/m1/s1. The van der Waals surface area contributed by atoms with Gasteiger partial charge in [-0.05, 0) is 33.3 Å². The molecule has 0 fully saturated rings. The normalized spacial score (nSPS) is 12.3. The smallest absolute Gasteiger partial charge is 0.408 e. The van der Waals surface area contributed by atoms with E-state index in [-0.39, 0.29) is 0 Å². The molecule has 0 saturated carbocycles. The topological polar surface area (TPSA) is 90.9 Å². The van der Waals surface area contributed by atoms with Gasteiger partial charge in [0.1, 0.15) is 5.60 Å². The number of alkyl carbamates (subject to hydrolysis) is 1. The van der Waals surface area contributed by atoms with Crippen molar-refractivity contribution in [2.75, 3.05) is 14.2 Å². The Morgan fingerprint density at radius 3 is 2.04 bits per heavy atom. The fraction of sp³-hybridized carbons (Fsp3) is 0.500. The highest BCUT2D eigenvalue weighted by Gasteiger charge is 2.39. The minimum absolute atomic E-state index is 0.562. The third-order valence-electron chi connectivity index (χ3n) is 3.32. The molecule has 7 heteroatoms. The second-order valence-corrected chi connectivity index (χ2v) is 6.56. The van der Waals surface area contributed by atoms with Crippen molar-refractivity contribution in [2.45, 2.75) is 39.3 Å². The maximum Gasteiger partial charge on any atom is 0.408 e. The van der Waals surface area contributed by atoms with Gasteiger partial charge in [0.05, 0.1) is 20.3 Å². The number of hydrogen-bond donors (Lipinski definition) is 1. The van der Waals surface area contributed by atoms with Crippen LogP contribution < -0.4 is 5.32 Å². The number of carbonyl (C=O) groups is 3. The fourth-order valence-corrected chi connectivity index (χ4v) is 2.28. The molecule has 0 radical (unpaired) electrons. The fourth-order valence-electron chi connectivity index (χ4n) is 2.28. The molecule has 1 N–H and O–H groups in total. The van der Waals surface area contributed by atoms with Crippen LogP contribution in [-0.4, -0.2) is 37.9 Å². The molecule has 138 valence electrons. The summed E-state index contributed by atoms with van der Waals surface area (Å²) in [5.41, 5.74) is 0.737. The lowest BCUT2D eigenvalue weighted by Gasteiger charge is -2.27. The second kappa shape index (κ2) is 8.50. The van der Waals surface area contributed by atoms with Gasteiger partial charge in [0, 0.05) is 0 Å². The average molecular weight is 351 g/mol. The van der Waals surface area contributed by atoms with Gasteiger partial charge in [-0.3, -0.25) is 9.59 Å². The zero-order valence-corrected chi connectivity index (χ0v) is 15.4. The molecule has 0 aromatic heterocycles. The monoisotopic (exact) mass is 351 g/mol. The Morgan fingerprint density at radius 1 is 1.04 bits per heavy atom. The zero-order chi connectivity index (χ0) is 19.2. The first-order valence-electron chi connectivity index (χ1n) is 7.80. The molecule has 0 aliphatic rings. The van der Waals surface area contributed by atoms with Crippen molar-refractivity contribution in [3.63, 3.8) is 0 Å². The van der Waals surface area contributed by atoms with Crippen LogP contribution in [0.15, 0.2) is 24.3 Å². The number of esters is 2. The van der Waals surface area contributed by atoms with Crippen LogP contribution in [0.4, 0.5) is 4.79 Å². The van der Waals surface area contributed by atoms with Crippen molar-refractivity contribution in [3.05, 3.63) is 35.4 Å². The van der Waals surface area contributed by atoms with Gasteiger partial charge in [0.15, 0.2) is 5.92 Å². The first-order valence-corrected chi connectivity index (χ1v) is 7.80. The van der Waals surface area contributed by atoms with Crippen LogP contribution in [0.1, 0.15) is 37.9 Å². The number of amides is 1. The number of methoxy groups -OCH3 is 2. The van der Waals surface area contributed by atoms with E-state index in [0.29, 0.717) is 5.56 Å². The van der Waals surface area contributed by atoms with E-state index >= 15 is 0 Å². The molecule has 0 unspecified atom stereocenters. The van der Waals surface area contributed by atoms with E-state index in [1.165, 1.54) is 14.2 Å². The van der Waals surface area contributed by atoms with Crippen molar-refractivity contribution in [2.24, 2.45) is 5.92 Å². The number of aryl methyl sites for hydroxylation is 1. The quantitative estimate of drug-likeness (QED) is 0.498. The Balaban J connectivity index is 3.27. The van der Waals surface area contributed by atoms with E-state index in [2.05, 4.69) is 5.32 Å². The van der Waals surface area contributed by atoms with E-state index in [0.717, 1.165) is 5.56 Å². The molecular weight excluding hydrogens is 326 g/mol. The van der Waals surface area contributed by atoms with E-state index < -0.39 is 35.6 Å². The summed E-state index contributed by atoms with van der Waals surface area (Å²) in [5.74, 6) is -2.98. The van der Waals surface area contributed by atoms with E-state index in [9.17, 15) is 14.4 Å². The van der Waals surface area contributed by atoms with E-state index in [1.54, 1.807) is 39.0 Å². The molecule has 0 spiro atoms. The van der Waals surface area contributed by atoms with Crippen molar-refractivity contribution in [1.82, 2.24) is 5.32 Å². The van der Waals surface area contributed by atoms with Crippen LogP contribution in [0.2, 0.25) is 0 Å². The molecule has 1 aromatic rings. The maximum atomic E-state index is 12.2. The summed E-state index contributed by atoms with van der Waals surface area (Å²) in [6, 6.07) is 6.10. The van der Waals surface area contributed by atoms with Gasteiger partial charge in [0.2, 0.25) is 0 Å². The highest BCUT2D eigenvalue weighted by molar-refractivity contribution is 5.96. The van der Waals surface area contributed by atoms with Crippen LogP contribution in [0, 0.1) is 12.8 Å². The minimum atomic E-state index is -1.36. The van der Waals surface area contributed by atoms with Crippen LogP contribution in [0.25, 0.3) is 0 Å². The summed E-state index contributed by atoms with van der Waals surface area (Å²) in [4.78, 5) is 36.5. The molecule has 0 aliphatic heterocycles. The Hall–Kier alpha value is -2.57. The van der Waals surface area contributed by atoms with Crippen molar-refractivity contribution in [3.8, 4) is 0 Å². The van der Waals surface area contributed by atoms with Crippen molar-refractivity contribution >= 4 is 18.0 Å². The van der Waals surface area contributed by atoms with Gasteiger partial charge in [-0.25, -0.2) is 4.79 Å². The maximum absolute atomic E-state index is 12.2. The Labute approximate surface area is 147 Å². The molecule has 0 heterocycles. The number of carbonyl (C=O) groups excluding carboxylic acids is 3. The molecule has 1 rings (SSSR count). The molecule has 0 aliphatic carbocycles. The number of nitrogens with one attached hydrogen (secondary N) is 1. The first-order chi connectivity index (χ1) is 11.6. The highest BCUT2D eigenvalue weighted by Crippen LogP contribution is 2.26. The van der Waals surface area contributed by atoms with Crippen LogP contribution >= 0.6 is 0 Å². The van der Waals surface area contributed by atoms with Gasteiger partial charge in [-0.2, -0.15) is 0 Å². The molecule has 7 nitrogen and oxygen atoms in total. The first kappa shape index (κ1) is 20.5. The van der Waals surface area contributed by atoms with Gasteiger partial charge in [-0.1, -0.05) is 29.8 Å². The predicted octanol–water partition coefficient (Wildman–Crippen LogP) is 2.52. The number of rotatable bonds is 5. The van der Waals surface area contributed by atoms with Crippen LogP contribution in [0.3, 0.4) is 0 Å². The molecule has 1 atom stereocenters. The largest absolute Gasteiger partial charge is 0.468 e. The lowest BCUT2D eigenvalue weighted by atomic mass is 9.92. The summed E-state index contributed by atoms with van der Waals surface area (Å²) < 4.78 is 14.7. The van der Waals surface area contributed by atoms with Crippen molar-refractivity contribution in [1.29, 1.82) is 0 Å². The lowest BCUT2D eigenvalue weighted by molar-refractivity contribution is -0.160. The summed E-state index contributed by atoms with van der Waals surface area (Å²) in [7, 11) is 2.33. The van der Waals surface area contributed by atoms with E-state index in [4.69, 9.17) is 14.2 Å². The van der Waals surface area contributed by atoms with Crippen LogP contribution in [0.5, 0.6) is 0 Å². The summed E-state index contributed by atoms with van der Waals surface area (Å²) in [6.07, 6.45) is -0.753. The Kier molecular flexibility index (Phi) is 6.97. The predicted molar refractivity (Wildman–Crippen MR) is 90.8 cm³/mol. The molecule has 0 saturated heterocycles. The Morgan fingerprint density at radius 2 is 1.60 bits per heavy atom. The number of hydrogen-bond acceptors (Lipinski definition) is 6. The second-order valence-electron chi connectivity index (χ2n) is 6.56. The summed E-state index contributed by atoms with van der Waals surface area (Å²) in [6.45, 7) is 7.00. The van der Waals surface area contributed by atoms with Gasteiger partial charge in [0.25, 0.3) is 0 Å². The minimum Gasteiger partial charge on any atom is -0.468 e. The average Bonchev–Trinajstić information content (AvgIpc) is 2.51. The van der Waals surface area contributed by atoms with Crippen molar-refractivity contribution < 1.29 is 28.6 Å². The van der Waals surface area contributed by atoms with Crippen LogP contribution in [-0.2, 0) is 23.8 Å². The molecule has 25 heavy (non-hydrogen) atoms. The SMILES string of the molecule is COC(=O)C(C(=O)OC)[C@H](NC(=O)OC(C)(C)C)c1cccc(C)c1. The molecule has 1 amide bonds. The Bertz CT molecular complexity index is 619. The third-order valence-corrected chi connectivity index (χ3v) is 3.32. The van der Waals surface area contributed by atoms with Gasteiger partial charge < -0.3 is 19.5 Å². The molecule has 1 aromatic carbocycles. The summed E-state index contributed by atoms with van der Waals surface area (Å²) >= 11 is 0. The van der Waals surface area contributed by atoms with E-state index in [1.807, 2.05) is 13.0 Å². The number of ether oxygens (including phenoxy) is 3. The highest BCUT2D eigenvalue weighted by atomic mass is 16.6.